The van der Waals surface area contributed by atoms with E-state index in [4.69, 9.17) is 4.74 Å². The molecule has 4 N–H and O–H groups in total. The van der Waals surface area contributed by atoms with Crippen molar-refractivity contribution in [1.29, 1.82) is 0 Å². The number of allylic oxidation sites excluding steroid dienone is 1. The summed E-state index contributed by atoms with van der Waals surface area (Å²) in [5.41, 5.74) is -0.0583. The van der Waals surface area contributed by atoms with Gasteiger partial charge in [0.15, 0.2) is 0 Å². The molecule has 1 aromatic heterocycles. The number of hydrogen-bond donors (Lipinski definition) is 4. The number of carbonyl (C=O) groups excluding carboxylic acids is 5. The molecule has 14 nitrogen and oxygen atoms in total. The Kier molecular flexibility index (Phi) is 11.0. The summed E-state index contributed by atoms with van der Waals surface area (Å²) in [4.78, 5) is 76.1. The van der Waals surface area contributed by atoms with Crippen LogP contribution in [0.1, 0.15) is 82.1 Å². The second-order valence-corrected chi connectivity index (χ2v) is 19.3. The van der Waals surface area contributed by atoms with Crippen LogP contribution in [0.5, 0.6) is 5.75 Å². The molecule has 0 unspecified atom stereocenters. The Morgan fingerprint density at radius 1 is 1.02 bits per heavy atom. The molecule has 55 heavy (non-hydrogen) atoms. The zero-order chi connectivity index (χ0) is 39.0. The maximum Gasteiger partial charge on any atom is 0.270 e. The van der Waals surface area contributed by atoms with Crippen LogP contribution in [0.3, 0.4) is 0 Å². The van der Waals surface area contributed by atoms with Crippen molar-refractivity contribution >= 4 is 51.3 Å². The third-order valence-corrected chi connectivity index (χ3v) is 14.2. The monoisotopic (exact) mass is 792 g/mol. The molecule has 7 bridgehead atoms. The molecule has 3 fully saturated rings. The summed E-state index contributed by atoms with van der Waals surface area (Å²) < 4.78 is 33.0. The minimum Gasteiger partial charge on any atom is -0.494 e. The lowest BCUT2D eigenvalue weighted by Crippen LogP contribution is -2.61. The van der Waals surface area contributed by atoms with Crippen molar-refractivity contribution in [3.8, 4) is 17.0 Å². The lowest BCUT2D eigenvalue weighted by molar-refractivity contribution is -0.142. The van der Waals surface area contributed by atoms with Crippen molar-refractivity contribution in [3.63, 3.8) is 0 Å². The molecule has 3 aliphatic heterocycles. The number of amides is 5. The standard InChI is InChI=1S/C39H48N6O8S2/c1-38(2)33-36(49)45-23-26(21-31(45)35(48)43-39(22-25(39)11-5-7-19-54-38)37(50)44-55(51,52)28-16-17-28)40-34(47)30-14-9-13-29(41-30)24-10-8-12-27(20-24)53-18-6-3-4-15-32(46)42-33/h5,8-14,20,25-26,28,31,33H,3-4,6-7,15-19,21-23H2,1-2H3,(H,40,47)(H,42,46)(H,43,48)(H,44,50)/t25-,26-,31+,33-,39-/m1/s1. The Hall–Kier alpha value is -4.44. The van der Waals surface area contributed by atoms with Gasteiger partial charge in [0.1, 0.15) is 29.1 Å². The highest BCUT2D eigenvalue weighted by molar-refractivity contribution is 8.00. The molecule has 7 rings (SSSR count). The maximum absolute atomic E-state index is 14.8. The van der Waals surface area contributed by atoms with Gasteiger partial charge in [-0.05, 0) is 95.2 Å². The number of fused-ring (bicyclic) bond motifs is 8. The number of thioether (sulfide) groups is 1. The minimum absolute atomic E-state index is 0.00913. The van der Waals surface area contributed by atoms with Crippen LogP contribution in [0.25, 0.3) is 11.3 Å². The molecule has 5 atom stereocenters. The van der Waals surface area contributed by atoms with Crippen LogP contribution >= 0.6 is 11.8 Å². The molecule has 16 heteroatoms. The van der Waals surface area contributed by atoms with Gasteiger partial charge in [-0.25, -0.2) is 13.4 Å². The third kappa shape index (κ3) is 8.69. The fraction of sp³-hybridized carbons (Fsp3) is 0.538. The van der Waals surface area contributed by atoms with E-state index in [0.29, 0.717) is 55.9 Å². The molecule has 4 heterocycles. The number of carbonyl (C=O) groups is 5. The van der Waals surface area contributed by atoms with E-state index in [1.807, 2.05) is 50.3 Å². The van der Waals surface area contributed by atoms with Crippen LogP contribution in [0.2, 0.25) is 0 Å². The Bertz CT molecular complexity index is 2000. The SMILES string of the molecule is CC1(C)SCCC=C[C@@H]2C[C@@]2(C(=O)NS(=O)(=O)C2CC2)NC(=O)[C@@H]2C[C@@H]3CN2C(=O)[C@H]1NC(=O)CCCCCOc1cccc(c1)-c1cccc(n1)C(=O)N3. The van der Waals surface area contributed by atoms with Crippen LogP contribution < -0.4 is 25.4 Å². The number of nitrogens with one attached hydrogen (secondary N) is 4. The van der Waals surface area contributed by atoms with Gasteiger partial charge in [0.2, 0.25) is 27.7 Å². The zero-order valence-electron chi connectivity index (χ0n) is 31.0. The molecule has 1 saturated heterocycles. The predicted octanol–water partition coefficient (Wildman–Crippen LogP) is 2.84. The summed E-state index contributed by atoms with van der Waals surface area (Å²) in [6, 6.07) is 9.69. The Morgan fingerprint density at radius 3 is 2.60 bits per heavy atom. The topological polar surface area (TPSA) is 193 Å². The number of rotatable bonds is 3. The first kappa shape index (κ1) is 38.8. The molecule has 1 aromatic carbocycles. The zero-order valence-corrected chi connectivity index (χ0v) is 32.7. The minimum atomic E-state index is -3.90. The fourth-order valence-corrected chi connectivity index (χ4v) is 10.0. The number of ether oxygens (including phenoxy) is 1. The molecule has 5 amide bonds. The van der Waals surface area contributed by atoms with E-state index in [1.54, 1.807) is 18.2 Å². The van der Waals surface area contributed by atoms with E-state index < -0.39 is 73.2 Å². The van der Waals surface area contributed by atoms with Crippen LogP contribution in [0.4, 0.5) is 0 Å². The summed E-state index contributed by atoms with van der Waals surface area (Å²) in [5, 5.41) is 8.18. The van der Waals surface area contributed by atoms with Gasteiger partial charge in [-0.3, -0.25) is 28.7 Å². The van der Waals surface area contributed by atoms with Crippen molar-refractivity contribution in [3.05, 3.63) is 60.3 Å². The van der Waals surface area contributed by atoms with Crippen molar-refractivity contribution < 1.29 is 37.1 Å². The average Bonchev–Trinajstić information content (AvgIpc) is 4.08. The normalized spacial score (nSPS) is 28.9. The third-order valence-electron chi connectivity index (χ3n) is 11.0. The molecule has 0 radical (unpaired) electrons. The highest BCUT2D eigenvalue weighted by atomic mass is 32.2. The van der Waals surface area contributed by atoms with Crippen molar-refractivity contribution in [2.75, 3.05) is 18.9 Å². The summed E-state index contributed by atoms with van der Waals surface area (Å²) in [6.07, 6.45) is 7.65. The van der Waals surface area contributed by atoms with Crippen molar-refractivity contribution in [2.24, 2.45) is 5.92 Å². The number of sulfonamides is 1. The molecule has 0 spiro atoms. The first-order chi connectivity index (χ1) is 26.3. The number of aromatic nitrogens is 1. The van der Waals surface area contributed by atoms with E-state index in [9.17, 15) is 32.4 Å². The number of nitrogens with zero attached hydrogens (tertiary/aromatic N) is 2. The van der Waals surface area contributed by atoms with Gasteiger partial charge >= 0.3 is 0 Å². The quantitative estimate of drug-likeness (QED) is 0.336. The molecule has 2 aliphatic carbocycles. The van der Waals surface area contributed by atoms with Gasteiger partial charge in [0, 0.05) is 35.2 Å². The van der Waals surface area contributed by atoms with E-state index in [0.717, 1.165) is 12.0 Å². The van der Waals surface area contributed by atoms with Crippen LogP contribution in [0, 0.1) is 5.92 Å². The Labute approximate surface area is 325 Å². The maximum atomic E-state index is 14.8. The van der Waals surface area contributed by atoms with Gasteiger partial charge in [-0.2, -0.15) is 11.8 Å². The molecular formula is C39H48N6O8S2. The fourth-order valence-electron chi connectivity index (χ4n) is 7.55. The average molecular weight is 793 g/mol. The lowest BCUT2D eigenvalue weighted by Gasteiger charge is -2.37. The summed E-state index contributed by atoms with van der Waals surface area (Å²) in [6.45, 7) is 4.18. The highest BCUT2D eigenvalue weighted by Crippen LogP contribution is 2.46. The van der Waals surface area contributed by atoms with Gasteiger partial charge < -0.3 is 25.6 Å². The largest absolute Gasteiger partial charge is 0.494 e. The molecule has 294 valence electrons. The summed E-state index contributed by atoms with van der Waals surface area (Å²) >= 11 is 1.51. The van der Waals surface area contributed by atoms with Gasteiger partial charge in [-0.1, -0.05) is 30.4 Å². The van der Waals surface area contributed by atoms with E-state index in [1.165, 1.54) is 16.7 Å². The smallest absolute Gasteiger partial charge is 0.270 e. The lowest BCUT2D eigenvalue weighted by atomic mass is 10.00. The van der Waals surface area contributed by atoms with Crippen LogP contribution in [-0.2, 0) is 29.2 Å². The van der Waals surface area contributed by atoms with Crippen molar-refractivity contribution in [1.82, 2.24) is 30.6 Å². The second-order valence-electron chi connectivity index (χ2n) is 15.6. The number of benzene rings is 1. The van der Waals surface area contributed by atoms with Gasteiger partial charge in [0.25, 0.3) is 11.8 Å². The van der Waals surface area contributed by atoms with E-state index >= 15 is 0 Å². The molecule has 2 aromatic rings. The van der Waals surface area contributed by atoms with E-state index in [-0.39, 0.29) is 37.4 Å². The van der Waals surface area contributed by atoms with Crippen LogP contribution in [0.15, 0.2) is 54.6 Å². The Morgan fingerprint density at radius 2 is 1.80 bits per heavy atom. The van der Waals surface area contributed by atoms with Crippen molar-refractivity contribution in [2.45, 2.75) is 105 Å². The predicted molar refractivity (Wildman–Crippen MR) is 206 cm³/mol. The first-order valence-corrected chi connectivity index (χ1v) is 21.6. The molecular weight excluding hydrogens is 745 g/mol. The first-order valence-electron chi connectivity index (χ1n) is 19.1. The molecule has 2 saturated carbocycles. The van der Waals surface area contributed by atoms with Crippen LogP contribution in [-0.4, -0.2) is 100 Å². The number of hydrogen-bond acceptors (Lipinski definition) is 10. The van der Waals surface area contributed by atoms with Gasteiger partial charge in [-0.15, -0.1) is 0 Å². The number of pyridine rings is 1. The second kappa shape index (κ2) is 15.6. The van der Waals surface area contributed by atoms with E-state index in [2.05, 4.69) is 25.7 Å². The Balaban J connectivity index is 1.22. The highest BCUT2D eigenvalue weighted by Gasteiger charge is 2.62. The molecule has 5 aliphatic rings. The summed E-state index contributed by atoms with van der Waals surface area (Å²) in [7, 11) is -3.90. The van der Waals surface area contributed by atoms with Gasteiger partial charge in [0.05, 0.1) is 17.6 Å². The summed E-state index contributed by atoms with van der Waals surface area (Å²) in [5.74, 6) is -1.95.